The first kappa shape index (κ1) is 19.4. The molecule has 146 valence electrons. The molecule has 0 aliphatic carbocycles. The molecule has 3 aromatic rings. The Bertz CT molecular complexity index is 1050. The van der Waals surface area contributed by atoms with Crippen LogP contribution >= 0.6 is 0 Å². The first-order valence-electron chi connectivity index (χ1n) is 8.63. The van der Waals surface area contributed by atoms with Gasteiger partial charge in [-0.25, -0.2) is 9.48 Å². The van der Waals surface area contributed by atoms with E-state index in [-0.39, 0.29) is 18.8 Å². The van der Waals surface area contributed by atoms with Gasteiger partial charge in [-0.3, -0.25) is 9.36 Å². The van der Waals surface area contributed by atoms with Crippen LogP contribution in [0.1, 0.15) is 16.8 Å². The predicted octanol–water partition coefficient (Wildman–Crippen LogP) is 1.01. The van der Waals surface area contributed by atoms with Crippen LogP contribution < -0.4 is 20.7 Å². The lowest BCUT2D eigenvalue weighted by molar-refractivity contribution is 0.267. The lowest BCUT2D eigenvalue weighted by atomic mass is 10.2. The fraction of sp³-hybridized carbons (Fsp3) is 0.250. The summed E-state index contributed by atoms with van der Waals surface area (Å²) >= 11 is 0. The van der Waals surface area contributed by atoms with E-state index in [1.165, 1.54) is 4.68 Å². The Morgan fingerprint density at radius 3 is 1.82 bits per heavy atom. The first-order chi connectivity index (χ1) is 13.5. The molecule has 0 aliphatic heterocycles. The first-order valence-corrected chi connectivity index (χ1v) is 8.63. The topological polar surface area (TPSA) is 95.6 Å². The van der Waals surface area contributed by atoms with Crippen molar-refractivity contribution in [2.75, 3.05) is 14.2 Å². The third-order valence-corrected chi connectivity index (χ3v) is 4.33. The van der Waals surface area contributed by atoms with Crippen LogP contribution in [0.4, 0.5) is 0 Å². The zero-order chi connectivity index (χ0) is 20.1. The molecule has 3 rings (SSSR count). The number of hydrogen-bond acceptors (Lipinski definition) is 6. The van der Waals surface area contributed by atoms with Crippen molar-refractivity contribution in [1.29, 1.82) is 0 Å². The van der Waals surface area contributed by atoms with Crippen molar-refractivity contribution in [2.45, 2.75) is 19.7 Å². The van der Waals surface area contributed by atoms with E-state index in [1.807, 2.05) is 12.1 Å². The van der Waals surface area contributed by atoms with Gasteiger partial charge >= 0.3 is 5.69 Å². The zero-order valence-electron chi connectivity index (χ0n) is 15.7. The molecular formula is C20H21N3O5. The molecule has 8 nitrogen and oxygen atoms in total. The number of benzene rings is 2. The number of hydrogen-bond donors (Lipinski definition) is 1. The maximum absolute atomic E-state index is 12.8. The summed E-state index contributed by atoms with van der Waals surface area (Å²) in [5, 5.41) is 13.5. The molecule has 0 saturated carbocycles. The van der Waals surface area contributed by atoms with Crippen molar-refractivity contribution in [1.82, 2.24) is 14.3 Å². The highest BCUT2D eigenvalue weighted by molar-refractivity contribution is 5.28. The third-order valence-electron chi connectivity index (χ3n) is 4.33. The van der Waals surface area contributed by atoms with Crippen molar-refractivity contribution in [3.63, 3.8) is 0 Å². The van der Waals surface area contributed by atoms with E-state index in [1.54, 1.807) is 50.6 Å². The number of aliphatic hydroxyl groups is 1. The number of nitrogens with zero attached hydrogens (tertiary/aromatic N) is 3. The summed E-state index contributed by atoms with van der Waals surface area (Å²) in [5.41, 5.74) is 0.338. The highest BCUT2D eigenvalue weighted by atomic mass is 16.5. The van der Waals surface area contributed by atoms with Gasteiger partial charge in [0.05, 0.1) is 33.9 Å². The average Bonchev–Trinajstić information content (AvgIpc) is 2.74. The molecule has 0 radical (unpaired) electrons. The Kier molecular flexibility index (Phi) is 5.90. The van der Waals surface area contributed by atoms with Crippen molar-refractivity contribution in [3.05, 3.63) is 86.2 Å². The number of ether oxygens (including phenoxy) is 2. The van der Waals surface area contributed by atoms with Crippen LogP contribution in [0.5, 0.6) is 11.5 Å². The van der Waals surface area contributed by atoms with Gasteiger partial charge in [-0.05, 0) is 35.4 Å². The summed E-state index contributed by atoms with van der Waals surface area (Å²) in [6.07, 6.45) is 0. The summed E-state index contributed by atoms with van der Waals surface area (Å²) in [7, 11) is 3.14. The molecule has 0 unspecified atom stereocenters. The molecule has 0 aliphatic rings. The van der Waals surface area contributed by atoms with E-state index in [4.69, 9.17) is 9.47 Å². The van der Waals surface area contributed by atoms with Crippen LogP contribution in [0.15, 0.2) is 58.1 Å². The molecule has 0 fully saturated rings. The largest absolute Gasteiger partial charge is 0.497 e. The van der Waals surface area contributed by atoms with Gasteiger partial charge in [0.15, 0.2) is 5.69 Å². The van der Waals surface area contributed by atoms with Gasteiger partial charge in [-0.2, -0.15) is 5.10 Å². The summed E-state index contributed by atoms with van der Waals surface area (Å²) in [4.78, 5) is 25.4. The molecule has 1 aromatic heterocycles. The molecule has 28 heavy (non-hydrogen) atoms. The smallest absolute Gasteiger partial charge is 0.348 e. The maximum Gasteiger partial charge on any atom is 0.348 e. The van der Waals surface area contributed by atoms with E-state index < -0.39 is 17.9 Å². The van der Waals surface area contributed by atoms with Gasteiger partial charge in [0.1, 0.15) is 11.5 Å². The average molecular weight is 383 g/mol. The molecule has 2 aromatic carbocycles. The molecule has 1 heterocycles. The van der Waals surface area contributed by atoms with Crippen LogP contribution in [0.25, 0.3) is 0 Å². The second-order valence-corrected chi connectivity index (χ2v) is 6.13. The molecule has 0 saturated heterocycles. The van der Waals surface area contributed by atoms with Crippen LogP contribution in [0.2, 0.25) is 0 Å². The fourth-order valence-electron chi connectivity index (χ4n) is 2.77. The highest BCUT2D eigenvalue weighted by Gasteiger charge is 2.13. The monoisotopic (exact) mass is 383 g/mol. The Hall–Kier alpha value is -3.39. The lowest BCUT2D eigenvalue weighted by Gasteiger charge is -2.12. The minimum atomic E-state index is -0.603. The Labute approximate surface area is 161 Å². The number of aromatic nitrogens is 3. The summed E-state index contributed by atoms with van der Waals surface area (Å²) in [5.74, 6) is 1.38. The Morgan fingerprint density at radius 1 is 0.857 bits per heavy atom. The van der Waals surface area contributed by atoms with Crippen molar-refractivity contribution in [3.8, 4) is 11.5 Å². The molecule has 1 N–H and O–H groups in total. The van der Waals surface area contributed by atoms with Crippen molar-refractivity contribution >= 4 is 0 Å². The van der Waals surface area contributed by atoms with E-state index >= 15 is 0 Å². The lowest BCUT2D eigenvalue weighted by Crippen LogP contribution is -2.43. The summed E-state index contributed by atoms with van der Waals surface area (Å²) in [6, 6.07) is 14.2. The molecule has 8 heteroatoms. The Morgan fingerprint density at radius 2 is 1.36 bits per heavy atom. The zero-order valence-corrected chi connectivity index (χ0v) is 15.7. The predicted molar refractivity (Wildman–Crippen MR) is 103 cm³/mol. The second kappa shape index (κ2) is 8.53. The van der Waals surface area contributed by atoms with E-state index in [0.29, 0.717) is 11.5 Å². The maximum atomic E-state index is 12.8. The molecule has 0 spiro atoms. The van der Waals surface area contributed by atoms with E-state index in [9.17, 15) is 14.7 Å². The highest BCUT2D eigenvalue weighted by Crippen LogP contribution is 2.12. The van der Waals surface area contributed by atoms with Crippen molar-refractivity contribution in [2.24, 2.45) is 0 Å². The van der Waals surface area contributed by atoms with Gasteiger partial charge in [0, 0.05) is 0 Å². The fourth-order valence-corrected chi connectivity index (χ4v) is 2.77. The third kappa shape index (κ3) is 4.12. The van der Waals surface area contributed by atoms with Crippen LogP contribution in [0, 0.1) is 0 Å². The van der Waals surface area contributed by atoms with E-state index in [2.05, 4.69) is 5.10 Å². The van der Waals surface area contributed by atoms with Gasteiger partial charge in [-0.1, -0.05) is 24.3 Å². The van der Waals surface area contributed by atoms with Crippen LogP contribution in [-0.4, -0.2) is 33.7 Å². The second-order valence-electron chi connectivity index (χ2n) is 6.13. The van der Waals surface area contributed by atoms with Crippen LogP contribution in [-0.2, 0) is 19.7 Å². The number of methoxy groups -OCH3 is 2. The minimum Gasteiger partial charge on any atom is -0.497 e. The quantitative estimate of drug-likeness (QED) is 0.654. The van der Waals surface area contributed by atoms with Gasteiger partial charge < -0.3 is 14.6 Å². The minimum absolute atomic E-state index is 0.0692. The van der Waals surface area contributed by atoms with Gasteiger partial charge in [0.25, 0.3) is 5.56 Å². The Balaban J connectivity index is 1.97. The van der Waals surface area contributed by atoms with E-state index in [0.717, 1.165) is 15.7 Å². The molecule has 0 bridgehead atoms. The molecular weight excluding hydrogens is 362 g/mol. The number of aliphatic hydroxyl groups excluding tert-OH is 1. The van der Waals surface area contributed by atoms with Gasteiger partial charge in [-0.15, -0.1) is 0 Å². The normalized spacial score (nSPS) is 10.7. The van der Waals surface area contributed by atoms with Gasteiger partial charge in [0.2, 0.25) is 0 Å². The van der Waals surface area contributed by atoms with Crippen molar-refractivity contribution < 1.29 is 14.6 Å². The summed E-state index contributed by atoms with van der Waals surface area (Å²) < 4.78 is 12.5. The van der Waals surface area contributed by atoms with Crippen LogP contribution in [0.3, 0.4) is 0 Å². The SMILES string of the molecule is COc1ccc(Cn2nc(CO)c(=O)n(Cc3ccc(OC)cc3)c2=O)cc1. The molecule has 0 amide bonds. The molecule has 0 atom stereocenters. The summed E-state index contributed by atoms with van der Waals surface area (Å²) in [6.45, 7) is -0.317. The number of rotatable bonds is 7. The standard InChI is InChI=1S/C20H21N3O5/c1-27-16-7-3-14(4-8-16)11-22-19(25)18(13-24)21-23(20(22)26)12-15-5-9-17(28-2)10-6-15/h3-10,24H,11-13H2,1-2H3.